The van der Waals surface area contributed by atoms with Gasteiger partial charge < -0.3 is 13.8 Å². The number of Topliss-reactive ketones (excluding diaryl/α,β-unsaturated/α-hetero) is 1. The predicted molar refractivity (Wildman–Crippen MR) is 272 cm³/mol. The van der Waals surface area contributed by atoms with E-state index in [2.05, 4.69) is 0 Å². The van der Waals surface area contributed by atoms with E-state index < -0.39 is 93.4 Å². The molecule has 73 heavy (non-hydrogen) atoms. The van der Waals surface area contributed by atoms with Crippen LogP contribution in [-0.4, -0.2) is 56.6 Å². The van der Waals surface area contributed by atoms with Crippen LogP contribution in [0.4, 0.5) is 0 Å². The molecule has 0 aliphatic carbocycles. The fraction of sp³-hybridized carbons (Fsp3) is 0.269. The molecule has 0 aliphatic heterocycles. The van der Waals surface area contributed by atoms with E-state index in [9.17, 15) is 18.7 Å². The lowest BCUT2D eigenvalue weighted by Gasteiger charge is -2.38. The second kappa shape index (κ2) is 28.0. The Morgan fingerprint density at radius 1 is 0.370 bits per heavy atom. The van der Waals surface area contributed by atoms with Gasteiger partial charge in [-0.1, -0.05) is 182 Å². The molecule has 6 atom stereocenters. The quantitative estimate of drug-likeness (QED) is 0.0293. The van der Waals surface area contributed by atoms with Crippen LogP contribution in [0.3, 0.4) is 0 Å². The van der Waals surface area contributed by atoms with Crippen molar-refractivity contribution >= 4 is 42.6 Å². The highest BCUT2D eigenvalue weighted by atomic mass is 31.2. The predicted octanol–water partition coefficient (Wildman–Crippen LogP) is 12.5. The summed E-state index contributed by atoms with van der Waals surface area (Å²) in [5.41, 5.74) is 3.14. The van der Waals surface area contributed by atoms with Crippen LogP contribution in [-0.2, 0) is 117 Å². The van der Waals surface area contributed by atoms with Crippen LogP contribution in [0.15, 0.2) is 182 Å². The highest BCUT2D eigenvalue weighted by Crippen LogP contribution is 2.59. The Labute approximate surface area is 425 Å². The van der Waals surface area contributed by atoms with Crippen LogP contribution in [0.5, 0.6) is 0 Å². The molecule has 0 aromatic heterocycles. The summed E-state index contributed by atoms with van der Waals surface area (Å²) in [6.45, 7) is 0.913. The molecule has 2 unspecified atom stereocenters. The number of phosphoric ester groups is 2. The van der Waals surface area contributed by atoms with E-state index >= 15 is 9.13 Å². The molecule has 0 N–H and O–H groups in total. The van der Waals surface area contributed by atoms with Crippen LogP contribution in [0.1, 0.15) is 40.3 Å². The Morgan fingerprint density at radius 2 is 0.630 bits per heavy atom. The molecular formula is C52H58O17P4. The van der Waals surface area contributed by atoms with Crippen LogP contribution < -0.4 is 0 Å². The van der Waals surface area contributed by atoms with Crippen molar-refractivity contribution in [3.05, 3.63) is 215 Å². The number of rotatable bonds is 31. The molecule has 21 heteroatoms. The number of ketones is 1. The Morgan fingerprint density at radius 3 is 0.918 bits per heavy atom. The molecular weight excluding hydrogens is 1020 g/mol. The summed E-state index contributed by atoms with van der Waals surface area (Å²) >= 11 is 0. The number of carbonyl (C=O) groups is 2. The minimum Gasteiger partial charge on any atom is -0.467 e. The van der Waals surface area contributed by atoms with Crippen molar-refractivity contribution in [3.8, 4) is 0 Å². The third-order valence-electron chi connectivity index (χ3n) is 10.4. The van der Waals surface area contributed by atoms with Crippen molar-refractivity contribution in [2.45, 2.75) is 71.0 Å². The van der Waals surface area contributed by atoms with Gasteiger partial charge in [-0.3, -0.25) is 50.1 Å². The molecule has 6 aromatic rings. The van der Waals surface area contributed by atoms with E-state index in [-0.39, 0.29) is 13.2 Å². The molecule has 0 spiro atoms. The van der Waals surface area contributed by atoms with Crippen molar-refractivity contribution in [2.75, 3.05) is 20.4 Å². The first kappa shape index (κ1) is 57.3. The Kier molecular flexibility index (Phi) is 22.0. The topological polar surface area (TPSA) is 204 Å². The minimum absolute atomic E-state index is 0.262. The van der Waals surface area contributed by atoms with Crippen molar-refractivity contribution in [3.63, 3.8) is 0 Å². The number of hydrogen-bond donors (Lipinski definition) is 0. The summed E-state index contributed by atoms with van der Waals surface area (Å²) in [6, 6.07) is 51.3. The van der Waals surface area contributed by atoms with E-state index in [0.29, 0.717) is 33.4 Å². The van der Waals surface area contributed by atoms with Gasteiger partial charge in [-0.2, -0.15) is 0 Å². The molecule has 0 saturated heterocycles. The normalized spacial score (nSPS) is 15.2. The Bertz CT molecular complexity index is 2720. The van der Waals surface area contributed by atoms with Crippen LogP contribution in [0, 0.1) is 0 Å². The summed E-state index contributed by atoms with van der Waals surface area (Å²) < 4.78 is 126. The minimum atomic E-state index is -5.20. The summed E-state index contributed by atoms with van der Waals surface area (Å²) in [7, 11) is -18.3. The van der Waals surface area contributed by atoms with Crippen molar-refractivity contribution in [2.24, 2.45) is 0 Å². The number of phosphoric acid groups is 2. The van der Waals surface area contributed by atoms with Crippen LogP contribution in [0.25, 0.3) is 0 Å². The van der Waals surface area contributed by atoms with Crippen molar-refractivity contribution in [1.82, 2.24) is 0 Å². The van der Waals surface area contributed by atoms with Crippen molar-refractivity contribution < 1.29 is 77.8 Å². The van der Waals surface area contributed by atoms with E-state index in [0.717, 1.165) is 27.4 Å². The molecule has 6 aromatic carbocycles. The fourth-order valence-corrected chi connectivity index (χ4v) is 11.6. The zero-order valence-electron chi connectivity index (χ0n) is 40.6. The van der Waals surface area contributed by atoms with Gasteiger partial charge in [-0.05, 0) is 40.3 Å². The molecule has 0 bridgehead atoms. The lowest BCUT2D eigenvalue weighted by Crippen LogP contribution is -2.53. The zero-order valence-corrected chi connectivity index (χ0v) is 44.2. The number of ether oxygens (including phenoxy) is 1. The van der Waals surface area contributed by atoms with E-state index in [1.54, 1.807) is 182 Å². The number of hydrogen-bond acceptors (Lipinski definition) is 17. The molecule has 0 radical (unpaired) electrons. The molecule has 6 rings (SSSR count). The summed E-state index contributed by atoms with van der Waals surface area (Å²) in [5.74, 6) is -2.37. The Balaban J connectivity index is 1.52. The lowest BCUT2D eigenvalue weighted by atomic mass is 10.0. The van der Waals surface area contributed by atoms with Gasteiger partial charge in [-0.15, -0.1) is 0 Å². The molecule has 0 aliphatic rings. The maximum absolute atomic E-state index is 15.5. The molecule has 0 saturated carbocycles. The molecule has 17 nitrogen and oxygen atoms in total. The first-order valence-corrected chi connectivity index (χ1v) is 29.7. The van der Waals surface area contributed by atoms with Gasteiger partial charge in [0.2, 0.25) is 0 Å². The first-order chi connectivity index (χ1) is 35.0. The number of methoxy groups -OCH3 is 1. The summed E-state index contributed by atoms with van der Waals surface area (Å²) in [5, 5.41) is 0. The fourth-order valence-electron chi connectivity index (χ4n) is 6.71. The standard InChI is InChI=1S/C52H58O17P4/c1-41(53)48(66-70(3,55)60-35-42-23-11-5-12-24-42)49(67-71(4,56)61-36-43-25-13-6-14-26-43)50(68-72(57,62-37-44-27-15-7-16-28-44)63-38-45-29-17-8-18-30-45)51(52(54)59-2)69-73(58,64-39-46-31-19-9-20-32-46)65-40-47-33-21-10-22-34-47/h5-34,48-51H,35-40H2,1-4H3/t48-,49+,50+,51-,70?,71?/m0/s1. The maximum Gasteiger partial charge on any atom is 0.476 e. The number of carbonyl (C=O) groups excluding carboxylic acids is 2. The summed E-state index contributed by atoms with van der Waals surface area (Å²) in [6.07, 6.45) is -9.52. The van der Waals surface area contributed by atoms with Gasteiger partial charge in [-0.25, -0.2) is 13.9 Å². The van der Waals surface area contributed by atoms with Crippen LogP contribution >= 0.6 is 30.8 Å². The van der Waals surface area contributed by atoms with Gasteiger partial charge in [0.15, 0.2) is 18.0 Å². The van der Waals surface area contributed by atoms with Gasteiger partial charge >= 0.3 is 36.8 Å². The average Bonchev–Trinajstić information content (AvgIpc) is 3.41. The third kappa shape index (κ3) is 19.3. The maximum atomic E-state index is 15.5. The monoisotopic (exact) mass is 1080 g/mol. The second-order valence-electron chi connectivity index (χ2n) is 16.3. The number of benzene rings is 6. The van der Waals surface area contributed by atoms with E-state index in [4.69, 9.17) is 50.0 Å². The molecule has 0 amide bonds. The zero-order chi connectivity index (χ0) is 52.2. The third-order valence-corrected chi connectivity index (χ3v) is 15.6. The van der Waals surface area contributed by atoms with Crippen LogP contribution in [0.2, 0.25) is 0 Å². The SMILES string of the molecule is COC(=O)[C@@H](OP(=O)(OCc1ccccc1)OCc1ccccc1)[C@H](OP(=O)(OCc1ccccc1)OCc1ccccc1)[C@H](OP(C)(=O)OCc1ccccc1)[C@@H](OP(C)(=O)OCc1ccccc1)C(C)=O. The average molecular weight is 1080 g/mol. The van der Waals surface area contributed by atoms with E-state index in [1.165, 1.54) is 0 Å². The Hall–Kier alpha value is -5.02. The molecule has 388 valence electrons. The highest BCUT2D eigenvalue weighted by molar-refractivity contribution is 7.53. The number of esters is 1. The highest BCUT2D eigenvalue weighted by Gasteiger charge is 2.54. The van der Waals surface area contributed by atoms with Crippen molar-refractivity contribution in [1.29, 1.82) is 0 Å². The second-order valence-corrected chi connectivity index (χ2v) is 23.6. The first-order valence-electron chi connectivity index (χ1n) is 22.8. The van der Waals surface area contributed by atoms with Gasteiger partial charge in [0.05, 0.1) is 46.8 Å². The van der Waals surface area contributed by atoms with Gasteiger partial charge in [0, 0.05) is 13.3 Å². The lowest BCUT2D eigenvalue weighted by molar-refractivity contribution is -0.164. The molecule has 0 fully saturated rings. The largest absolute Gasteiger partial charge is 0.476 e. The molecule has 0 heterocycles. The summed E-state index contributed by atoms with van der Waals surface area (Å²) in [4.78, 5) is 28.7. The van der Waals surface area contributed by atoms with Gasteiger partial charge in [0.25, 0.3) is 0 Å². The van der Waals surface area contributed by atoms with E-state index in [1.807, 2.05) is 0 Å². The van der Waals surface area contributed by atoms with Gasteiger partial charge in [0.1, 0.15) is 12.2 Å². The smallest absolute Gasteiger partial charge is 0.467 e.